The van der Waals surface area contributed by atoms with Crippen molar-refractivity contribution in [2.75, 3.05) is 6.61 Å². The number of benzene rings is 1. The van der Waals surface area contributed by atoms with Crippen LogP contribution in [0.2, 0.25) is 25.5 Å². The van der Waals surface area contributed by atoms with Gasteiger partial charge in [-0.15, -0.1) is 0 Å². The second-order valence-electron chi connectivity index (χ2n) is 5.99. The van der Waals surface area contributed by atoms with Gasteiger partial charge in [-0.05, 0) is 24.6 Å². The smallest absolute Gasteiger partial charge is 0.361 e. The molecule has 0 aliphatic heterocycles. The molecule has 3 heterocycles. The minimum absolute atomic E-state index is 0.0844. The van der Waals surface area contributed by atoms with Gasteiger partial charge in [0.15, 0.2) is 11.3 Å². The molecule has 32 heavy (non-hydrogen) atoms. The third-order valence-electron chi connectivity index (χ3n) is 3.79. The molecule has 0 spiro atoms. The van der Waals surface area contributed by atoms with Gasteiger partial charge in [0.25, 0.3) is 0 Å². The third kappa shape index (κ3) is 6.17. The topological polar surface area (TPSA) is 95.7 Å². The Morgan fingerprint density at radius 3 is 2.28 bits per heavy atom. The zero-order chi connectivity index (χ0) is 23.3. The molecule has 0 bridgehead atoms. The quantitative estimate of drug-likeness (QED) is 0.306. The molecule has 166 valence electrons. The fourth-order valence-corrected chi connectivity index (χ4v) is 3.43. The van der Waals surface area contributed by atoms with Crippen LogP contribution in [0.4, 0.5) is 0 Å². The fraction of sp³-hybridized carbons (Fsp3) is 0.158. The monoisotopic (exact) mass is 532 g/mol. The van der Waals surface area contributed by atoms with Crippen LogP contribution in [-0.4, -0.2) is 42.3 Å². The molecule has 4 rings (SSSR count). The standard InChI is InChI=1S/C15H11Cl3N4O2.C4H2Cl2N2/c1-2-24-15(23)13-12-14(20-11(18)6-19-12)22(21-13)7-8-3-4-9(16)5-10(8)17;5-3-1-7-2-4(6)8-3/h3-6H,2,7H2,1H3;1-2H. The zero-order valence-corrected chi connectivity index (χ0v) is 20.0. The summed E-state index contributed by atoms with van der Waals surface area (Å²) in [5.74, 6) is -0.569. The summed E-state index contributed by atoms with van der Waals surface area (Å²) < 4.78 is 6.52. The number of carbonyl (C=O) groups is 1. The lowest BCUT2D eigenvalue weighted by Crippen LogP contribution is -2.08. The fourth-order valence-electron chi connectivity index (χ4n) is 2.50. The van der Waals surface area contributed by atoms with Crippen LogP contribution in [0, 0.1) is 0 Å². The number of aromatic nitrogens is 6. The number of carbonyl (C=O) groups excluding carboxylic acids is 1. The maximum Gasteiger partial charge on any atom is 0.361 e. The molecule has 8 nitrogen and oxygen atoms in total. The normalized spacial score (nSPS) is 10.6. The molecule has 1 aromatic carbocycles. The summed E-state index contributed by atoms with van der Waals surface area (Å²) >= 11 is 28.8. The highest BCUT2D eigenvalue weighted by atomic mass is 35.5. The largest absolute Gasteiger partial charge is 0.461 e. The molecular formula is C19H13Cl5N6O2. The second-order valence-corrected chi connectivity index (χ2v) is 8.00. The van der Waals surface area contributed by atoms with Crippen LogP contribution in [0.3, 0.4) is 0 Å². The summed E-state index contributed by atoms with van der Waals surface area (Å²) in [6.45, 7) is 2.23. The van der Waals surface area contributed by atoms with Gasteiger partial charge in [-0.3, -0.25) is 4.98 Å². The molecule has 0 amide bonds. The summed E-state index contributed by atoms with van der Waals surface area (Å²) in [6.07, 6.45) is 4.20. The first-order valence-electron chi connectivity index (χ1n) is 8.91. The Balaban J connectivity index is 0.000000305. The molecule has 0 saturated carbocycles. The molecule has 0 radical (unpaired) electrons. The average Bonchev–Trinajstić information content (AvgIpc) is 3.08. The zero-order valence-electron chi connectivity index (χ0n) is 16.3. The van der Waals surface area contributed by atoms with Crippen molar-refractivity contribution in [3.63, 3.8) is 0 Å². The summed E-state index contributed by atoms with van der Waals surface area (Å²) in [7, 11) is 0. The third-order valence-corrected chi connectivity index (χ3v) is 4.93. The number of fused-ring (bicyclic) bond motifs is 1. The molecule has 0 atom stereocenters. The number of hydrogen-bond donors (Lipinski definition) is 0. The van der Waals surface area contributed by atoms with E-state index in [1.54, 1.807) is 25.1 Å². The lowest BCUT2D eigenvalue weighted by Gasteiger charge is -2.06. The van der Waals surface area contributed by atoms with E-state index >= 15 is 0 Å². The number of nitrogens with zero attached hydrogens (tertiary/aromatic N) is 6. The van der Waals surface area contributed by atoms with Crippen molar-refractivity contribution in [2.24, 2.45) is 0 Å². The van der Waals surface area contributed by atoms with Gasteiger partial charge in [0, 0.05) is 10.0 Å². The van der Waals surface area contributed by atoms with Gasteiger partial charge in [0.05, 0.1) is 31.7 Å². The van der Waals surface area contributed by atoms with Crippen LogP contribution in [0.1, 0.15) is 23.0 Å². The Labute approximate surface area is 207 Å². The highest BCUT2D eigenvalue weighted by Crippen LogP contribution is 2.24. The molecule has 0 aliphatic rings. The maximum absolute atomic E-state index is 12.1. The van der Waals surface area contributed by atoms with E-state index in [1.807, 2.05) is 0 Å². The van der Waals surface area contributed by atoms with E-state index in [-0.39, 0.29) is 24.0 Å². The van der Waals surface area contributed by atoms with Crippen molar-refractivity contribution < 1.29 is 9.53 Å². The van der Waals surface area contributed by atoms with Crippen molar-refractivity contribution in [2.45, 2.75) is 13.5 Å². The van der Waals surface area contributed by atoms with Crippen LogP contribution < -0.4 is 0 Å². The Morgan fingerprint density at radius 1 is 1.00 bits per heavy atom. The first-order chi connectivity index (χ1) is 15.3. The molecule has 0 N–H and O–H groups in total. The van der Waals surface area contributed by atoms with Crippen molar-refractivity contribution in [3.8, 4) is 0 Å². The molecule has 0 aliphatic carbocycles. The maximum atomic E-state index is 12.1. The number of hydrogen-bond acceptors (Lipinski definition) is 7. The Hall–Kier alpha value is -2.23. The lowest BCUT2D eigenvalue weighted by molar-refractivity contribution is 0.0520. The predicted octanol–water partition coefficient (Wildman–Crippen LogP) is 5.79. The molecule has 0 saturated heterocycles. The molecule has 0 fully saturated rings. The van der Waals surface area contributed by atoms with E-state index in [4.69, 9.17) is 62.7 Å². The molecule has 13 heteroatoms. The Morgan fingerprint density at radius 2 is 1.69 bits per heavy atom. The highest BCUT2D eigenvalue weighted by molar-refractivity contribution is 6.35. The summed E-state index contributed by atoms with van der Waals surface area (Å²) in [5.41, 5.74) is 1.54. The number of ether oxygens (including phenoxy) is 1. The summed E-state index contributed by atoms with van der Waals surface area (Å²) in [6, 6.07) is 5.13. The summed E-state index contributed by atoms with van der Waals surface area (Å²) in [5, 5.41) is 6.12. The Bertz CT molecular complexity index is 1250. The van der Waals surface area contributed by atoms with Crippen molar-refractivity contribution >= 4 is 75.1 Å². The van der Waals surface area contributed by atoms with E-state index < -0.39 is 5.97 Å². The molecular weight excluding hydrogens is 522 g/mol. The number of halogens is 5. The number of esters is 1. The van der Waals surface area contributed by atoms with E-state index in [9.17, 15) is 4.79 Å². The van der Waals surface area contributed by atoms with Crippen LogP contribution in [-0.2, 0) is 11.3 Å². The van der Waals surface area contributed by atoms with Crippen molar-refractivity contribution in [3.05, 3.63) is 73.6 Å². The molecule has 4 aromatic rings. The minimum atomic E-state index is -0.569. The van der Waals surface area contributed by atoms with Gasteiger partial charge in [-0.1, -0.05) is 64.1 Å². The van der Waals surface area contributed by atoms with Gasteiger partial charge in [-0.25, -0.2) is 24.4 Å². The van der Waals surface area contributed by atoms with Gasteiger partial charge in [0.2, 0.25) is 0 Å². The van der Waals surface area contributed by atoms with Crippen molar-refractivity contribution in [1.82, 2.24) is 29.7 Å². The van der Waals surface area contributed by atoms with Gasteiger partial charge < -0.3 is 4.74 Å². The van der Waals surface area contributed by atoms with Crippen LogP contribution in [0.25, 0.3) is 11.2 Å². The second kappa shape index (κ2) is 11.1. The average molecular weight is 535 g/mol. The van der Waals surface area contributed by atoms with Crippen LogP contribution in [0.5, 0.6) is 0 Å². The lowest BCUT2D eigenvalue weighted by atomic mass is 10.2. The van der Waals surface area contributed by atoms with Gasteiger partial charge in [0.1, 0.15) is 21.0 Å². The highest BCUT2D eigenvalue weighted by Gasteiger charge is 2.21. The van der Waals surface area contributed by atoms with Gasteiger partial charge >= 0.3 is 5.97 Å². The van der Waals surface area contributed by atoms with Gasteiger partial charge in [-0.2, -0.15) is 5.10 Å². The summed E-state index contributed by atoms with van der Waals surface area (Å²) in [4.78, 5) is 27.7. The molecule has 0 unspecified atom stereocenters. The van der Waals surface area contributed by atoms with Crippen LogP contribution in [0.15, 0.2) is 36.8 Å². The van der Waals surface area contributed by atoms with E-state index in [0.29, 0.717) is 31.5 Å². The van der Waals surface area contributed by atoms with E-state index in [2.05, 4.69) is 25.0 Å². The number of rotatable bonds is 4. The van der Waals surface area contributed by atoms with Crippen molar-refractivity contribution in [1.29, 1.82) is 0 Å². The minimum Gasteiger partial charge on any atom is -0.461 e. The first kappa shape index (κ1) is 24.4. The first-order valence-corrected chi connectivity index (χ1v) is 10.8. The molecule has 3 aromatic heterocycles. The predicted molar refractivity (Wildman–Crippen MR) is 124 cm³/mol. The van der Waals surface area contributed by atoms with Crippen LogP contribution >= 0.6 is 58.0 Å². The van der Waals surface area contributed by atoms with E-state index in [0.717, 1.165) is 5.56 Å². The SMILES string of the molecule is CCOC(=O)c1nn(Cc2ccc(Cl)cc2Cl)c2nc(Cl)cnc12.Clc1cncc(Cl)n1. The van der Waals surface area contributed by atoms with E-state index in [1.165, 1.54) is 23.3 Å². The Kier molecular flexibility index (Phi) is 8.44.